The highest BCUT2D eigenvalue weighted by Gasteiger charge is 2.57. The highest BCUT2D eigenvalue weighted by atomic mass is 16.8. The lowest BCUT2D eigenvalue weighted by Crippen LogP contribution is -2.69. The van der Waals surface area contributed by atoms with Crippen molar-refractivity contribution >= 4 is 0 Å². The Labute approximate surface area is 311 Å². The molecule has 0 aliphatic carbocycles. The van der Waals surface area contributed by atoms with Crippen LogP contribution in [0.1, 0.15) is 6.92 Å². The van der Waals surface area contributed by atoms with E-state index in [0.29, 0.717) is 0 Å². The Hall–Kier alpha value is -1.00. The topological polar surface area (TPSA) is 407 Å². The van der Waals surface area contributed by atoms with Crippen LogP contribution in [0.15, 0.2) is 0 Å². The molecule has 0 saturated carbocycles. The first-order valence-corrected chi connectivity index (χ1v) is 17.5. The third kappa shape index (κ3) is 9.11. The first-order chi connectivity index (χ1) is 26.0. The quantitative estimate of drug-likeness (QED) is 0.0870. The molecule has 0 aromatic heterocycles. The van der Waals surface area contributed by atoms with E-state index in [0.717, 1.165) is 0 Å². The van der Waals surface area contributed by atoms with Gasteiger partial charge in [-0.3, -0.25) is 0 Å². The zero-order valence-corrected chi connectivity index (χ0v) is 29.1. The Bertz CT molecular complexity index is 1190. The second kappa shape index (κ2) is 18.9. The Kier molecular flexibility index (Phi) is 15.5. The molecule has 1 unspecified atom stereocenters. The first kappa shape index (κ1) is 45.1. The number of aliphatic hydroxyl groups is 16. The summed E-state index contributed by atoms with van der Waals surface area (Å²) in [5.74, 6) is 0. The number of aliphatic hydroxyl groups excluding tert-OH is 16. The van der Waals surface area contributed by atoms with Crippen LogP contribution in [-0.2, 0) is 42.6 Å². The third-order valence-electron chi connectivity index (χ3n) is 10.3. The van der Waals surface area contributed by atoms with Crippen molar-refractivity contribution in [2.45, 2.75) is 160 Å². The summed E-state index contributed by atoms with van der Waals surface area (Å²) in [7, 11) is 0. The fraction of sp³-hybridized carbons (Fsp3) is 1.00. The highest BCUT2D eigenvalue weighted by Crippen LogP contribution is 2.37. The van der Waals surface area contributed by atoms with Gasteiger partial charge in [0, 0.05) is 0 Å². The fourth-order valence-electron chi connectivity index (χ4n) is 6.94. The van der Waals surface area contributed by atoms with Gasteiger partial charge in [0.1, 0.15) is 116 Å². The van der Waals surface area contributed by atoms with Crippen LogP contribution in [0.2, 0.25) is 0 Å². The average molecular weight is 813 g/mol. The van der Waals surface area contributed by atoms with E-state index in [-0.39, 0.29) is 0 Å². The number of rotatable bonds is 12. The predicted octanol–water partition coefficient (Wildman–Crippen LogP) is -10.9. The molecule has 5 aliphatic heterocycles. The first-order valence-electron chi connectivity index (χ1n) is 17.5. The SMILES string of the molecule is C[C@@H]1O[C@@H](O[C@H]2[C@H](O)[C@@H](O)[C@H](O[C@H]3[C@H](O[C@@H]4[C@H](O)[C@@H](O)C(O)O[C@@H]4CO)O[C@H](CO)[C@@H](O)[C@@H]3O[C@@H]3O[C@H](CO)[C@@H](O)[C@H](O)[C@H]3O)O[C@@H]2CO)[C@H](O)[C@H](O)[C@H]1O. The highest BCUT2D eigenvalue weighted by molar-refractivity contribution is 4.99. The lowest BCUT2D eigenvalue weighted by Gasteiger charge is -2.51. The van der Waals surface area contributed by atoms with Crippen molar-refractivity contribution in [3.63, 3.8) is 0 Å². The summed E-state index contributed by atoms with van der Waals surface area (Å²) in [5, 5.41) is 167. The van der Waals surface area contributed by atoms with Crippen molar-refractivity contribution in [2.75, 3.05) is 26.4 Å². The second-order valence-electron chi connectivity index (χ2n) is 13.9. The van der Waals surface area contributed by atoms with Crippen molar-refractivity contribution in [3.05, 3.63) is 0 Å². The largest absolute Gasteiger partial charge is 0.394 e. The van der Waals surface area contributed by atoms with E-state index in [1.165, 1.54) is 6.92 Å². The number of ether oxygens (including phenoxy) is 9. The molecule has 55 heavy (non-hydrogen) atoms. The molecule has 16 N–H and O–H groups in total. The summed E-state index contributed by atoms with van der Waals surface area (Å²) in [4.78, 5) is 0. The summed E-state index contributed by atoms with van der Waals surface area (Å²) in [5.41, 5.74) is 0. The van der Waals surface area contributed by atoms with Crippen LogP contribution in [0.4, 0.5) is 0 Å². The van der Waals surface area contributed by atoms with Gasteiger partial charge in [0.25, 0.3) is 0 Å². The molecule has 25 nitrogen and oxygen atoms in total. The van der Waals surface area contributed by atoms with Crippen LogP contribution in [0.5, 0.6) is 0 Å². The molecule has 0 aromatic carbocycles. The summed E-state index contributed by atoms with van der Waals surface area (Å²) >= 11 is 0. The van der Waals surface area contributed by atoms with Gasteiger partial charge in [-0.15, -0.1) is 0 Å². The molecule has 25 atom stereocenters. The van der Waals surface area contributed by atoms with Gasteiger partial charge in [0.15, 0.2) is 31.5 Å². The minimum atomic E-state index is -2.17. The van der Waals surface area contributed by atoms with E-state index in [1.807, 2.05) is 0 Å². The third-order valence-corrected chi connectivity index (χ3v) is 10.3. The Morgan fingerprint density at radius 1 is 0.327 bits per heavy atom. The van der Waals surface area contributed by atoms with Gasteiger partial charge < -0.3 is 124 Å². The van der Waals surface area contributed by atoms with Crippen LogP contribution in [0.25, 0.3) is 0 Å². The molecular formula is C30H52O25. The van der Waals surface area contributed by atoms with Crippen LogP contribution in [0.3, 0.4) is 0 Å². The zero-order chi connectivity index (χ0) is 40.6. The van der Waals surface area contributed by atoms with E-state index in [2.05, 4.69) is 0 Å². The lowest BCUT2D eigenvalue weighted by molar-refractivity contribution is -0.409. The van der Waals surface area contributed by atoms with Crippen molar-refractivity contribution in [2.24, 2.45) is 0 Å². The van der Waals surface area contributed by atoms with Crippen molar-refractivity contribution < 1.29 is 124 Å². The van der Waals surface area contributed by atoms with E-state index in [9.17, 15) is 81.7 Å². The number of hydrogen-bond acceptors (Lipinski definition) is 25. The molecule has 25 heteroatoms. The van der Waals surface area contributed by atoms with Crippen LogP contribution < -0.4 is 0 Å². The summed E-state index contributed by atoms with van der Waals surface area (Å²) in [6.07, 6.45) is -46.1. The molecular weight excluding hydrogens is 760 g/mol. The molecule has 0 aromatic rings. The van der Waals surface area contributed by atoms with Gasteiger partial charge in [-0.1, -0.05) is 0 Å². The van der Waals surface area contributed by atoms with Gasteiger partial charge in [-0.25, -0.2) is 0 Å². The molecule has 0 radical (unpaired) electrons. The standard InChI is InChI=1S/C30H52O25/c1-6-11(35)14(38)19(43)27(47-6)52-23-10(5-34)51-29(21(45)17(23)41)55-25-24(54-28-20(44)15(39)12(36)7(2-31)49-28)13(37)8(3-32)50-30(25)53-22-9(4-33)48-26(46)18(42)16(22)40/h6-46H,2-5H2,1H3/t6-,7+,8+,9+,10+,11-,12+,13+,14+,15-,16+,17+,18+,19+,20+,21+,22-,23+,24-,25+,26?,27-,28-,29-,30-/m0/s1. The Balaban J connectivity index is 1.46. The summed E-state index contributed by atoms with van der Waals surface area (Å²) < 4.78 is 50.5. The molecule has 5 heterocycles. The minimum absolute atomic E-state index is 0.893. The van der Waals surface area contributed by atoms with E-state index >= 15 is 0 Å². The van der Waals surface area contributed by atoms with Gasteiger partial charge in [0.05, 0.1) is 32.5 Å². The van der Waals surface area contributed by atoms with Crippen LogP contribution in [-0.4, -0.2) is 262 Å². The monoisotopic (exact) mass is 812 g/mol. The van der Waals surface area contributed by atoms with Gasteiger partial charge in [-0.05, 0) is 6.92 Å². The normalized spacial score (nSPS) is 53.9. The van der Waals surface area contributed by atoms with E-state index in [4.69, 9.17) is 42.6 Å². The van der Waals surface area contributed by atoms with Gasteiger partial charge in [0.2, 0.25) is 0 Å². The average Bonchev–Trinajstić information content (AvgIpc) is 3.17. The summed E-state index contributed by atoms with van der Waals surface area (Å²) in [6, 6.07) is 0. The molecule has 5 saturated heterocycles. The molecule has 0 bridgehead atoms. The molecule has 0 amide bonds. The fourth-order valence-corrected chi connectivity index (χ4v) is 6.94. The van der Waals surface area contributed by atoms with E-state index in [1.54, 1.807) is 0 Å². The van der Waals surface area contributed by atoms with Gasteiger partial charge in [-0.2, -0.15) is 0 Å². The zero-order valence-electron chi connectivity index (χ0n) is 29.1. The Morgan fingerprint density at radius 2 is 0.709 bits per heavy atom. The van der Waals surface area contributed by atoms with Crippen LogP contribution in [0, 0.1) is 0 Å². The lowest BCUT2D eigenvalue weighted by atomic mass is 9.95. The molecule has 0 spiro atoms. The molecule has 5 rings (SSSR count). The molecule has 322 valence electrons. The maximum atomic E-state index is 11.3. The number of hydrogen-bond donors (Lipinski definition) is 16. The van der Waals surface area contributed by atoms with Crippen molar-refractivity contribution in [1.82, 2.24) is 0 Å². The maximum absolute atomic E-state index is 11.3. The smallest absolute Gasteiger partial charge is 0.187 e. The Morgan fingerprint density at radius 3 is 1.27 bits per heavy atom. The predicted molar refractivity (Wildman–Crippen MR) is 165 cm³/mol. The van der Waals surface area contributed by atoms with E-state index < -0.39 is 180 Å². The second-order valence-corrected chi connectivity index (χ2v) is 13.9. The van der Waals surface area contributed by atoms with Crippen molar-refractivity contribution in [3.8, 4) is 0 Å². The van der Waals surface area contributed by atoms with Gasteiger partial charge >= 0.3 is 0 Å². The molecule has 5 aliphatic rings. The van der Waals surface area contributed by atoms with Crippen LogP contribution >= 0.6 is 0 Å². The minimum Gasteiger partial charge on any atom is -0.394 e. The maximum Gasteiger partial charge on any atom is 0.187 e. The van der Waals surface area contributed by atoms with Crippen molar-refractivity contribution in [1.29, 1.82) is 0 Å². The molecule has 5 fully saturated rings. The summed E-state index contributed by atoms with van der Waals surface area (Å²) in [6.45, 7) is -2.42.